The molecule has 6 heteroatoms. The molecule has 2 heterocycles. The number of pyridine rings is 1. The van der Waals surface area contributed by atoms with Gasteiger partial charge in [-0.2, -0.15) is 0 Å². The summed E-state index contributed by atoms with van der Waals surface area (Å²) < 4.78 is 41.2. The number of halogens is 3. The van der Waals surface area contributed by atoms with E-state index in [-0.39, 0.29) is 11.4 Å². The van der Waals surface area contributed by atoms with Crippen LogP contribution in [0.15, 0.2) is 30.5 Å². The molecule has 96 valence electrons. The van der Waals surface area contributed by atoms with E-state index in [4.69, 9.17) is 0 Å². The zero-order valence-corrected chi connectivity index (χ0v) is 9.86. The number of aromatic nitrogens is 3. The maximum atomic E-state index is 13.7. The van der Waals surface area contributed by atoms with Crippen LogP contribution in [0, 0.1) is 24.4 Å². The number of fused-ring (bicyclic) bond motifs is 1. The molecular weight excluding hydrogens is 255 g/mol. The van der Waals surface area contributed by atoms with E-state index in [9.17, 15) is 13.2 Å². The van der Waals surface area contributed by atoms with Crippen LogP contribution in [0.4, 0.5) is 13.2 Å². The van der Waals surface area contributed by atoms with E-state index >= 15 is 0 Å². The Balaban J connectivity index is 2.22. The molecule has 19 heavy (non-hydrogen) atoms. The van der Waals surface area contributed by atoms with Crippen LogP contribution in [0.2, 0.25) is 0 Å². The lowest BCUT2D eigenvalue weighted by Gasteiger charge is -1.99. The minimum Gasteiger partial charge on any atom is -0.221 e. The third-order valence-electron chi connectivity index (χ3n) is 2.77. The summed E-state index contributed by atoms with van der Waals surface area (Å²) in [7, 11) is 0. The van der Waals surface area contributed by atoms with Crippen molar-refractivity contribution in [2.45, 2.75) is 6.92 Å². The standard InChI is InChI=1S/C13H8F3N3/c1-7-4-5-19-10(6-7)17-13(18-19)8-2-3-9(14)12(16)11(8)15/h2-6H,1H3. The van der Waals surface area contributed by atoms with Crippen LogP contribution in [0.25, 0.3) is 17.0 Å². The van der Waals surface area contributed by atoms with Crippen molar-refractivity contribution >= 4 is 5.65 Å². The zero-order chi connectivity index (χ0) is 13.6. The van der Waals surface area contributed by atoms with Gasteiger partial charge < -0.3 is 0 Å². The minimum atomic E-state index is -1.52. The van der Waals surface area contributed by atoms with Gasteiger partial charge in [0.05, 0.1) is 5.56 Å². The van der Waals surface area contributed by atoms with Crippen molar-refractivity contribution in [3.8, 4) is 11.4 Å². The van der Waals surface area contributed by atoms with E-state index in [1.807, 2.05) is 13.0 Å². The SMILES string of the molecule is Cc1ccn2nc(-c3ccc(F)c(F)c3F)nc2c1. The average molecular weight is 263 g/mol. The summed E-state index contributed by atoms with van der Waals surface area (Å²) in [6, 6.07) is 5.54. The normalized spacial score (nSPS) is 11.2. The molecule has 0 amide bonds. The van der Waals surface area contributed by atoms with Crippen LogP contribution in [0.1, 0.15) is 5.56 Å². The fourth-order valence-electron chi connectivity index (χ4n) is 1.80. The second-order valence-electron chi connectivity index (χ2n) is 4.17. The predicted molar refractivity (Wildman–Crippen MR) is 63.0 cm³/mol. The van der Waals surface area contributed by atoms with Crippen LogP contribution >= 0.6 is 0 Å². The fourth-order valence-corrected chi connectivity index (χ4v) is 1.80. The molecule has 0 atom stereocenters. The molecule has 0 aliphatic heterocycles. The summed E-state index contributed by atoms with van der Waals surface area (Å²) in [6.07, 6.45) is 1.67. The third-order valence-corrected chi connectivity index (χ3v) is 2.77. The Kier molecular flexibility index (Phi) is 2.51. The Labute approximate surface area is 106 Å². The second kappa shape index (κ2) is 4.08. The topological polar surface area (TPSA) is 30.2 Å². The van der Waals surface area contributed by atoms with Crippen LogP contribution in [-0.4, -0.2) is 14.6 Å². The van der Waals surface area contributed by atoms with Crippen molar-refractivity contribution < 1.29 is 13.2 Å². The molecular formula is C13H8F3N3. The van der Waals surface area contributed by atoms with Gasteiger partial charge in [-0.25, -0.2) is 22.7 Å². The van der Waals surface area contributed by atoms with E-state index in [0.29, 0.717) is 5.65 Å². The smallest absolute Gasteiger partial charge is 0.195 e. The first-order chi connectivity index (χ1) is 9.06. The first-order valence-electron chi connectivity index (χ1n) is 5.53. The number of rotatable bonds is 1. The highest BCUT2D eigenvalue weighted by atomic mass is 19.2. The summed E-state index contributed by atoms with van der Waals surface area (Å²) in [5.41, 5.74) is 1.32. The number of hydrogen-bond acceptors (Lipinski definition) is 2. The van der Waals surface area contributed by atoms with Crippen LogP contribution in [0.3, 0.4) is 0 Å². The van der Waals surface area contributed by atoms with Gasteiger partial charge in [0.15, 0.2) is 28.9 Å². The largest absolute Gasteiger partial charge is 0.221 e. The fraction of sp³-hybridized carbons (Fsp3) is 0.0769. The van der Waals surface area contributed by atoms with E-state index in [0.717, 1.165) is 17.7 Å². The molecule has 0 fully saturated rings. The maximum absolute atomic E-state index is 13.7. The highest BCUT2D eigenvalue weighted by Crippen LogP contribution is 2.23. The summed E-state index contributed by atoms with van der Waals surface area (Å²) in [5, 5.41) is 4.03. The van der Waals surface area contributed by atoms with Gasteiger partial charge in [0.25, 0.3) is 0 Å². The lowest BCUT2D eigenvalue weighted by atomic mass is 10.2. The summed E-state index contributed by atoms with van der Waals surface area (Å²) in [5.74, 6) is -4.02. The molecule has 0 saturated heterocycles. The Bertz CT molecular complexity index is 780. The van der Waals surface area contributed by atoms with Crippen molar-refractivity contribution in [2.75, 3.05) is 0 Å². The molecule has 0 spiro atoms. The molecule has 1 aromatic carbocycles. The van der Waals surface area contributed by atoms with Crippen LogP contribution in [-0.2, 0) is 0 Å². The van der Waals surface area contributed by atoms with Crippen molar-refractivity contribution in [1.82, 2.24) is 14.6 Å². The molecule has 0 unspecified atom stereocenters. The van der Waals surface area contributed by atoms with E-state index in [2.05, 4.69) is 10.1 Å². The lowest BCUT2D eigenvalue weighted by molar-refractivity contribution is 0.448. The first kappa shape index (κ1) is 11.7. The number of nitrogens with zero attached hydrogens (tertiary/aromatic N) is 3. The van der Waals surface area contributed by atoms with E-state index in [1.165, 1.54) is 4.52 Å². The zero-order valence-electron chi connectivity index (χ0n) is 9.86. The van der Waals surface area contributed by atoms with Gasteiger partial charge in [-0.05, 0) is 36.8 Å². The molecule has 0 aliphatic rings. The van der Waals surface area contributed by atoms with E-state index < -0.39 is 17.5 Å². The number of benzene rings is 1. The molecule has 3 rings (SSSR count). The van der Waals surface area contributed by atoms with Crippen LogP contribution in [0.5, 0.6) is 0 Å². The highest BCUT2D eigenvalue weighted by Gasteiger charge is 2.17. The Hall–Kier alpha value is -2.37. The predicted octanol–water partition coefficient (Wildman–Crippen LogP) is 3.12. The number of aryl methyl sites for hydroxylation is 1. The lowest BCUT2D eigenvalue weighted by Crippen LogP contribution is -1.95. The van der Waals surface area contributed by atoms with Gasteiger partial charge in [0, 0.05) is 6.20 Å². The Morgan fingerprint density at radius 3 is 2.63 bits per heavy atom. The van der Waals surface area contributed by atoms with Gasteiger partial charge in [-0.3, -0.25) is 0 Å². The summed E-state index contributed by atoms with van der Waals surface area (Å²) in [6.45, 7) is 1.88. The van der Waals surface area contributed by atoms with Crippen molar-refractivity contribution in [1.29, 1.82) is 0 Å². The highest BCUT2D eigenvalue weighted by molar-refractivity contribution is 5.59. The molecule has 0 saturated carbocycles. The van der Waals surface area contributed by atoms with Gasteiger partial charge >= 0.3 is 0 Å². The third kappa shape index (κ3) is 1.85. The minimum absolute atomic E-state index is 0.0157. The first-order valence-corrected chi connectivity index (χ1v) is 5.53. The molecule has 0 N–H and O–H groups in total. The van der Waals surface area contributed by atoms with Gasteiger partial charge in [0.1, 0.15) is 0 Å². The molecule has 0 bridgehead atoms. The number of hydrogen-bond donors (Lipinski definition) is 0. The molecule has 3 aromatic rings. The van der Waals surface area contributed by atoms with Gasteiger partial charge in [-0.1, -0.05) is 0 Å². The molecule has 0 aliphatic carbocycles. The van der Waals surface area contributed by atoms with Crippen molar-refractivity contribution in [3.05, 3.63) is 53.5 Å². The average Bonchev–Trinajstić information content (AvgIpc) is 2.78. The van der Waals surface area contributed by atoms with Gasteiger partial charge in [0.2, 0.25) is 0 Å². The Morgan fingerprint density at radius 2 is 1.84 bits per heavy atom. The molecule has 0 radical (unpaired) electrons. The summed E-state index contributed by atoms with van der Waals surface area (Å²) in [4.78, 5) is 4.10. The van der Waals surface area contributed by atoms with Gasteiger partial charge in [-0.15, -0.1) is 5.10 Å². The quantitative estimate of drug-likeness (QED) is 0.631. The maximum Gasteiger partial charge on any atom is 0.195 e. The summed E-state index contributed by atoms with van der Waals surface area (Å²) >= 11 is 0. The van der Waals surface area contributed by atoms with E-state index in [1.54, 1.807) is 12.3 Å². The second-order valence-corrected chi connectivity index (χ2v) is 4.17. The Morgan fingerprint density at radius 1 is 1.05 bits per heavy atom. The van der Waals surface area contributed by atoms with Crippen molar-refractivity contribution in [2.24, 2.45) is 0 Å². The monoisotopic (exact) mass is 263 g/mol. The van der Waals surface area contributed by atoms with Crippen molar-refractivity contribution in [3.63, 3.8) is 0 Å². The molecule has 3 nitrogen and oxygen atoms in total. The molecule has 2 aromatic heterocycles. The van der Waals surface area contributed by atoms with Crippen LogP contribution < -0.4 is 0 Å².